The zero-order valence-corrected chi connectivity index (χ0v) is 16.0. The normalized spacial score (nSPS) is 14.0. The Hall–Kier alpha value is -3.11. The monoisotopic (exact) mass is 369 g/mol. The first-order valence-electron chi connectivity index (χ1n) is 9.83. The van der Waals surface area contributed by atoms with E-state index in [0.29, 0.717) is 0 Å². The predicted octanol–water partition coefficient (Wildman–Crippen LogP) is 3.98. The highest BCUT2D eigenvalue weighted by Crippen LogP contribution is 2.26. The largest absolute Gasteiger partial charge is 0.358 e. The van der Waals surface area contributed by atoms with E-state index in [1.807, 2.05) is 18.3 Å². The summed E-state index contributed by atoms with van der Waals surface area (Å²) in [6.45, 7) is 4.09. The van der Waals surface area contributed by atoms with Crippen LogP contribution in [-0.2, 0) is 12.8 Å². The summed E-state index contributed by atoms with van der Waals surface area (Å²) in [5.74, 6) is 0. The molecular formula is C24H23N3O. The minimum Gasteiger partial charge on any atom is -0.358 e. The van der Waals surface area contributed by atoms with Crippen molar-refractivity contribution in [1.29, 1.82) is 0 Å². The Kier molecular flexibility index (Phi) is 4.14. The number of hydrogen-bond donors (Lipinski definition) is 2. The van der Waals surface area contributed by atoms with Crippen molar-refractivity contribution in [2.45, 2.75) is 19.8 Å². The number of nitrogens with zero attached hydrogens (tertiary/aromatic N) is 1. The van der Waals surface area contributed by atoms with Crippen molar-refractivity contribution < 1.29 is 0 Å². The van der Waals surface area contributed by atoms with Gasteiger partial charge in [0, 0.05) is 41.8 Å². The van der Waals surface area contributed by atoms with Crippen molar-refractivity contribution in [3.63, 3.8) is 0 Å². The highest BCUT2D eigenvalue weighted by atomic mass is 16.1. The number of pyridine rings is 1. The molecule has 1 aliphatic rings. The molecule has 1 aliphatic heterocycles. The third-order valence-electron chi connectivity index (χ3n) is 5.66. The molecule has 0 aliphatic carbocycles. The molecule has 0 fully saturated rings. The number of hydrogen-bond acceptors (Lipinski definition) is 2. The fourth-order valence-electron chi connectivity index (χ4n) is 4.12. The average Bonchev–Trinajstić information content (AvgIpc) is 2.88. The molecule has 0 saturated heterocycles. The highest BCUT2D eigenvalue weighted by Gasteiger charge is 2.14. The maximum atomic E-state index is 12.8. The predicted molar refractivity (Wildman–Crippen MR) is 114 cm³/mol. The van der Waals surface area contributed by atoms with Crippen LogP contribution in [0.1, 0.15) is 16.8 Å². The number of aromatic nitrogens is 2. The fraction of sp³-hybridized carbons (Fsp3) is 0.208. The molecule has 0 atom stereocenters. The zero-order chi connectivity index (χ0) is 19.1. The average molecular weight is 369 g/mol. The summed E-state index contributed by atoms with van der Waals surface area (Å²) >= 11 is 0. The second-order valence-electron chi connectivity index (χ2n) is 7.55. The SMILES string of the molecule is Cc1ccc(-c2ccn(-c3ccc4c5c([nH]c4c3)CCNCC5)c(=O)c2)cc1. The molecule has 5 rings (SSSR count). The molecular weight excluding hydrogens is 346 g/mol. The van der Waals surface area contributed by atoms with Crippen LogP contribution in [0.15, 0.2) is 65.6 Å². The van der Waals surface area contributed by atoms with Gasteiger partial charge < -0.3 is 10.3 Å². The van der Waals surface area contributed by atoms with Crippen LogP contribution >= 0.6 is 0 Å². The number of aryl methyl sites for hydroxylation is 1. The summed E-state index contributed by atoms with van der Waals surface area (Å²) in [4.78, 5) is 16.4. The molecule has 0 amide bonds. The first kappa shape index (κ1) is 17.0. The molecule has 0 spiro atoms. The van der Waals surface area contributed by atoms with Gasteiger partial charge in [0.2, 0.25) is 0 Å². The first-order valence-corrected chi connectivity index (χ1v) is 9.83. The zero-order valence-electron chi connectivity index (χ0n) is 16.0. The molecule has 0 unspecified atom stereocenters. The van der Waals surface area contributed by atoms with Crippen LogP contribution in [0.2, 0.25) is 0 Å². The fourth-order valence-corrected chi connectivity index (χ4v) is 4.12. The van der Waals surface area contributed by atoms with Gasteiger partial charge in [-0.05, 0) is 54.8 Å². The van der Waals surface area contributed by atoms with Gasteiger partial charge in [-0.3, -0.25) is 9.36 Å². The molecule has 0 bridgehead atoms. The van der Waals surface area contributed by atoms with Crippen LogP contribution in [0.5, 0.6) is 0 Å². The van der Waals surface area contributed by atoms with Crippen LogP contribution in [0.25, 0.3) is 27.7 Å². The Morgan fingerprint density at radius 3 is 2.54 bits per heavy atom. The lowest BCUT2D eigenvalue weighted by molar-refractivity contribution is 0.708. The molecule has 140 valence electrons. The summed E-state index contributed by atoms with van der Waals surface area (Å²) in [6, 6.07) is 18.2. The number of H-pyrrole nitrogens is 1. The van der Waals surface area contributed by atoms with Gasteiger partial charge in [-0.25, -0.2) is 0 Å². The molecule has 3 heterocycles. The second kappa shape index (κ2) is 6.80. The van der Waals surface area contributed by atoms with Crippen LogP contribution in [-0.4, -0.2) is 22.6 Å². The minimum atomic E-state index is -0.0188. The molecule has 4 aromatic rings. The van der Waals surface area contributed by atoms with E-state index in [-0.39, 0.29) is 5.56 Å². The number of rotatable bonds is 2. The molecule has 28 heavy (non-hydrogen) atoms. The summed E-state index contributed by atoms with van der Waals surface area (Å²) in [7, 11) is 0. The van der Waals surface area contributed by atoms with E-state index in [9.17, 15) is 4.79 Å². The van der Waals surface area contributed by atoms with Gasteiger partial charge in [-0.15, -0.1) is 0 Å². The van der Waals surface area contributed by atoms with E-state index in [1.54, 1.807) is 10.6 Å². The van der Waals surface area contributed by atoms with E-state index in [1.165, 1.54) is 22.2 Å². The van der Waals surface area contributed by atoms with Crippen LogP contribution in [0.3, 0.4) is 0 Å². The molecule has 2 aromatic heterocycles. The van der Waals surface area contributed by atoms with Crippen molar-refractivity contribution in [2.75, 3.05) is 13.1 Å². The van der Waals surface area contributed by atoms with Gasteiger partial charge in [0.15, 0.2) is 0 Å². The molecule has 4 heteroatoms. The third kappa shape index (κ3) is 2.96. The summed E-state index contributed by atoms with van der Waals surface area (Å²) < 4.78 is 1.71. The summed E-state index contributed by atoms with van der Waals surface area (Å²) in [5.41, 5.74) is 7.93. The van der Waals surface area contributed by atoms with Gasteiger partial charge >= 0.3 is 0 Å². The van der Waals surface area contributed by atoms with E-state index in [0.717, 1.165) is 48.3 Å². The maximum Gasteiger partial charge on any atom is 0.255 e. The summed E-state index contributed by atoms with van der Waals surface area (Å²) in [5, 5.41) is 4.72. The Morgan fingerprint density at radius 1 is 0.893 bits per heavy atom. The van der Waals surface area contributed by atoms with E-state index < -0.39 is 0 Å². The quantitative estimate of drug-likeness (QED) is 0.561. The first-order chi connectivity index (χ1) is 13.7. The molecule has 2 aromatic carbocycles. The number of nitrogens with one attached hydrogen (secondary N) is 2. The second-order valence-corrected chi connectivity index (χ2v) is 7.55. The topological polar surface area (TPSA) is 49.8 Å². The van der Waals surface area contributed by atoms with Gasteiger partial charge in [-0.1, -0.05) is 35.9 Å². The van der Waals surface area contributed by atoms with Crippen molar-refractivity contribution >= 4 is 10.9 Å². The van der Waals surface area contributed by atoms with Crippen molar-refractivity contribution in [2.24, 2.45) is 0 Å². The third-order valence-corrected chi connectivity index (χ3v) is 5.66. The Balaban J connectivity index is 1.54. The molecule has 2 N–H and O–H groups in total. The number of aromatic amines is 1. The standard InChI is InChI=1S/C24H23N3O/c1-16-2-4-17(5-3-16)18-10-13-27(24(28)14-18)19-6-7-20-21-8-11-25-12-9-22(21)26-23(20)15-19/h2-7,10,13-15,25-26H,8-9,11-12H2,1H3. The lowest BCUT2D eigenvalue weighted by Gasteiger charge is -2.08. The number of benzene rings is 2. The lowest BCUT2D eigenvalue weighted by Crippen LogP contribution is -2.17. The number of fused-ring (bicyclic) bond motifs is 3. The minimum absolute atomic E-state index is 0.0188. The Bertz CT molecular complexity index is 1220. The molecule has 4 nitrogen and oxygen atoms in total. The lowest BCUT2D eigenvalue weighted by atomic mass is 10.1. The van der Waals surface area contributed by atoms with Crippen molar-refractivity contribution in [3.05, 3.63) is 88.0 Å². The van der Waals surface area contributed by atoms with E-state index >= 15 is 0 Å². The van der Waals surface area contributed by atoms with Gasteiger partial charge in [0.25, 0.3) is 5.56 Å². The van der Waals surface area contributed by atoms with Gasteiger partial charge in [-0.2, -0.15) is 0 Å². The van der Waals surface area contributed by atoms with Crippen LogP contribution < -0.4 is 10.9 Å². The van der Waals surface area contributed by atoms with E-state index in [4.69, 9.17) is 0 Å². The van der Waals surface area contributed by atoms with Crippen molar-refractivity contribution in [1.82, 2.24) is 14.9 Å². The Labute approximate surface area is 163 Å². The van der Waals surface area contributed by atoms with Crippen LogP contribution in [0, 0.1) is 6.92 Å². The van der Waals surface area contributed by atoms with E-state index in [2.05, 4.69) is 53.6 Å². The van der Waals surface area contributed by atoms with Gasteiger partial charge in [0.1, 0.15) is 0 Å². The molecule has 0 radical (unpaired) electrons. The highest BCUT2D eigenvalue weighted by molar-refractivity contribution is 5.86. The maximum absolute atomic E-state index is 12.8. The Morgan fingerprint density at radius 2 is 1.71 bits per heavy atom. The van der Waals surface area contributed by atoms with Gasteiger partial charge in [0.05, 0.1) is 5.69 Å². The van der Waals surface area contributed by atoms with Crippen LogP contribution in [0.4, 0.5) is 0 Å². The smallest absolute Gasteiger partial charge is 0.255 e. The summed E-state index contributed by atoms with van der Waals surface area (Å²) in [6.07, 6.45) is 3.93. The molecule has 0 saturated carbocycles. The van der Waals surface area contributed by atoms with Crippen molar-refractivity contribution in [3.8, 4) is 16.8 Å².